The number of nitrogens with one attached hydrogen (secondary N) is 1. The first-order chi connectivity index (χ1) is 20.7. The number of ether oxygens (including phenoxy) is 2. The lowest BCUT2D eigenvalue weighted by atomic mass is 10.1. The minimum absolute atomic E-state index is 0.0660. The number of hydrogen-bond donors (Lipinski definition) is 1. The van der Waals surface area contributed by atoms with Crippen molar-refractivity contribution in [3.8, 4) is 0 Å². The summed E-state index contributed by atoms with van der Waals surface area (Å²) in [5.41, 5.74) is 1.33. The third kappa shape index (κ3) is 7.95. The molecule has 2 atom stereocenters. The maximum atomic E-state index is 15.1. The van der Waals surface area contributed by atoms with Crippen LogP contribution in [0.1, 0.15) is 70.6 Å². The Balaban J connectivity index is 1.68. The van der Waals surface area contributed by atoms with Gasteiger partial charge in [0.05, 0.1) is 17.0 Å². The van der Waals surface area contributed by atoms with E-state index in [4.69, 9.17) is 9.47 Å². The monoisotopic (exact) mass is 625 g/mol. The number of halogens is 1. The van der Waals surface area contributed by atoms with Gasteiger partial charge >= 0.3 is 6.09 Å². The van der Waals surface area contributed by atoms with Crippen molar-refractivity contribution < 1.29 is 22.9 Å². The molecule has 10 heteroatoms. The summed E-state index contributed by atoms with van der Waals surface area (Å²) >= 11 is 0. The first-order valence-electron chi connectivity index (χ1n) is 15.1. The van der Waals surface area contributed by atoms with Gasteiger partial charge in [0.15, 0.2) is 0 Å². The summed E-state index contributed by atoms with van der Waals surface area (Å²) in [6.07, 6.45) is 1.73. The van der Waals surface area contributed by atoms with Gasteiger partial charge in [0.1, 0.15) is 33.9 Å². The maximum absolute atomic E-state index is 15.1. The standard InChI is InChI=1S/C34H44FN3O5S/c1-8-25-14-15-28(27(35)19-25)36-30-29(18-24(3)31(39)37(30)7)38(32(40)43-33(4,5)6)44(41)34(16-17-34)20-23(2)21-42-22-26-12-10-9-11-13-26/h9-15,18-19,23,36H,8,16-17,20-22H2,1-7H3. The number of aryl methyl sites for hydroxylation is 2. The molecular weight excluding hydrogens is 581 g/mol. The number of rotatable bonds is 12. The molecule has 2 unspecified atom stereocenters. The minimum Gasteiger partial charge on any atom is -0.443 e. The molecule has 1 aliphatic carbocycles. The third-order valence-electron chi connectivity index (χ3n) is 7.62. The number of anilines is 3. The fraction of sp³-hybridized carbons (Fsp3) is 0.471. The summed E-state index contributed by atoms with van der Waals surface area (Å²) in [6, 6.07) is 16.2. The van der Waals surface area contributed by atoms with Gasteiger partial charge in [-0.1, -0.05) is 50.2 Å². The van der Waals surface area contributed by atoms with E-state index in [0.29, 0.717) is 44.5 Å². The van der Waals surface area contributed by atoms with Gasteiger partial charge in [0, 0.05) is 19.2 Å². The number of carbonyl (C=O) groups excluding carboxylic acids is 1. The highest BCUT2D eigenvalue weighted by Crippen LogP contribution is 2.49. The lowest BCUT2D eigenvalue weighted by Crippen LogP contribution is -2.44. The van der Waals surface area contributed by atoms with Crippen LogP contribution in [0.2, 0.25) is 0 Å². The quantitative estimate of drug-likeness (QED) is 0.227. The summed E-state index contributed by atoms with van der Waals surface area (Å²) in [7, 11) is -0.346. The van der Waals surface area contributed by atoms with Crippen LogP contribution >= 0.6 is 0 Å². The second-order valence-electron chi connectivity index (χ2n) is 12.7. The van der Waals surface area contributed by atoms with Gasteiger partial charge in [-0.25, -0.2) is 13.4 Å². The van der Waals surface area contributed by atoms with Crippen LogP contribution in [0.5, 0.6) is 0 Å². The molecular formula is C34H44FN3O5S. The summed E-state index contributed by atoms with van der Waals surface area (Å²) in [5, 5.41) is 3.02. The highest BCUT2D eigenvalue weighted by Gasteiger charge is 2.54. The van der Waals surface area contributed by atoms with Crippen LogP contribution in [0, 0.1) is 18.7 Å². The van der Waals surface area contributed by atoms with E-state index in [-0.39, 0.29) is 28.7 Å². The highest BCUT2D eigenvalue weighted by atomic mass is 32.2. The zero-order chi connectivity index (χ0) is 32.2. The van der Waals surface area contributed by atoms with Crippen LogP contribution in [0.4, 0.5) is 26.4 Å². The molecule has 1 heterocycles. The number of nitrogens with zero attached hydrogens (tertiary/aromatic N) is 2. The Bertz CT molecular complexity index is 1560. The summed E-state index contributed by atoms with van der Waals surface area (Å²) in [5.74, 6) is -0.300. The van der Waals surface area contributed by atoms with Crippen molar-refractivity contribution in [1.82, 2.24) is 4.57 Å². The van der Waals surface area contributed by atoms with E-state index >= 15 is 4.39 Å². The summed E-state index contributed by atoms with van der Waals surface area (Å²) < 4.78 is 43.2. The molecule has 3 aromatic rings. The molecule has 1 amide bonds. The lowest BCUT2D eigenvalue weighted by Gasteiger charge is -2.32. The van der Waals surface area contributed by atoms with E-state index in [1.165, 1.54) is 23.7 Å². The molecule has 1 fully saturated rings. The largest absolute Gasteiger partial charge is 0.443 e. The third-order valence-corrected chi connectivity index (χ3v) is 9.62. The Labute approximate surface area is 262 Å². The number of benzene rings is 2. The number of hydrogen-bond acceptors (Lipinski definition) is 6. The van der Waals surface area contributed by atoms with Gasteiger partial charge in [0.2, 0.25) is 0 Å². The van der Waals surface area contributed by atoms with E-state index in [2.05, 4.69) is 5.32 Å². The van der Waals surface area contributed by atoms with E-state index in [1.54, 1.807) is 39.8 Å². The van der Waals surface area contributed by atoms with Crippen molar-refractivity contribution in [3.63, 3.8) is 0 Å². The minimum atomic E-state index is -1.88. The molecule has 8 nitrogen and oxygen atoms in total. The van der Waals surface area contributed by atoms with Gasteiger partial charge in [-0.05, 0) is 88.6 Å². The number of carbonyl (C=O) groups is 1. The number of amides is 1. The molecule has 0 bridgehead atoms. The lowest BCUT2D eigenvalue weighted by molar-refractivity contribution is 0.0609. The molecule has 1 N–H and O–H groups in total. The van der Waals surface area contributed by atoms with Crippen LogP contribution in [0.15, 0.2) is 59.4 Å². The molecule has 0 spiro atoms. The predicted octanol–water partition coefficient (Wildman–Crippen LogP) is 7.32. The van der Waals surface area contributed by atoms with Crippen LogP contribution in [0.25, 0.3) is 0 Å². The molecule has 0 saturated heterocycles. The van der Waals surface area contributed by atoms with Gasteiger partial charge in [-0.2, -0.15) is 4.31 Å². The van der Waals surface area contributed by atoms with Gasteiger partial charge in [-0.3, -0.25) is 9.36 Å². The SMILES string of the molecule is CCc1ccc(Nc2c(N(C(=O)OC(C)(C)C)S(=O)C3(CC(C)COCc4ccccc4)CC3)cc(C)c(=O)n2C)c(F)c1. The highest BCUT2D eigenvalue weighted by molar-refractivity contribution is 7.89. The smallest absolute Gasteiger partial charge is 0.427 e. The zero-order valence-electron chi connectivity index (χ0n) is 26.7. The molecule has 1 saturated carbocycles. The maximum Gasteiger partial charge on any atom is 0.427 e. The Hall–Kier alpha value is -3.50. The van der Waals surface area contributed by atoms with Crippen molar-refractivity contribution in [3.05, 3.63) is 87.5 Å². The molecule has 4 rings (SSSR count). The Morgan fingerprint density at radius 3 is 2.41 bits per heavy atom. The van der Waals surface area contributed by atoms with Crippen molar-refractivity contribution in [2.45, 2.75) is 84.2 Å². The van der Waals surface area contributed by atoms with Gasteiger partial charge in [0.25, 0.3) is 5.56 Å². The van der Waals surface area contributed by atoms with Crippen molar-refractivity contribution >= 4 is 34.3 Å². The van der Waals surface area contributed by atoms with Gasteiger partial charge < -0.3 is 14.8 Å². The fourth-order valence-corrected chi connectivity index (χ4v) is 6.93. The fourth-order valence-electron chi connectivity index (χ4n) is 5.17. The number of pyridine rings is 1. The first kappa shape index (κ1) is 33.4. The topological polar surface area (TPSA) is 89.9 Å². The zero-order valence-corrected chi connectivity index (χ0v) is 27.6. The van der Waals surface area contributed by atoms with Crippen LogP contribution < -0.4 is 15.2 Å². The second-order valence-corrected chi connectivity index (χ2v) is 14.5. The van der Waals surface area contributed by atoms with Crippen molar-refractivity contribution in [2.75, 3.05) is 16.2 Å². The molecule has 1 aliphatic rings. The molecule has 2 aromatic carbocycles. The average molecular weight is 626 g/mol. The van der Waals surface area contributed by atoms with Gasteiger partial charge in [-0.15, -0.1) is 0 Å². The second kappa shape index (κ2) is 13.6. The molecule has 1 aromatic heterocycles. The number of aromatic nitrogens is 1. The predicted molar refractivity (Wildman–Crippen MR) is 174 cm³/mol. The summed E-state index contributed by atoms with van der Waals surface area (Å²) in [4.78, 5) is 26.9. The normalized spacial score (nSPS) is 15.4. The Kier molecular flexibility index (Phi) is 10.4. The van der Waals surface area contributed by atoms with Crippen molar-refractivity contribution in [2.24, 2.45) is 13.0 Å². The van der Waals surface area contributed by atoms with E-state index in [9.17, 15) is 13.8 Å². The molecule has 0 aliphatic heterocycles. The molecule has 44 heavy (non-hydrogen) atoms. The molecule has 0 radical (unpaired) electrons. The van der Waals surface area contributed by atoms with Crippen LogP contribution in [-0.2, 0) is 40.5 Å². The van der Waals surface area contributed by atoms with E-state index in [1.807, 2.05) is 44.2 Å². The Morgan fingerprint density at radius 2 is 1.82 bits per heavy atom. The Morgan fingerprint density at radius 1 is 1.14 bits per heavy atom. The van der Waals surface area contributed by atoms with Crippen LogP contribution in [-0.4, -0.2) is 31.8 Å². The van der Waals surface area contributed by atoms with E-state index in [0.717, 1.165) is 15.4 Å². The van der Waals surface area contributed by atoms with Crippen molar-refractivity contribution in [1.29, 1.82) is 0 Å². The van der Waals surface area contributed by atoms with Crippen LogP contribution in [0.3, 0.4) is 0 Å². The van der Waals surface area contributed by atoms with E-state index < -0.39 is 33.2 Å². The molecule has 238 valence electrons. The summed E-state index contributed by atoms with van der Waals surface area (Å²) in [6.45, 7) is 11.8. The average Bonchev–Trinajstić information content (AvgIpc) is 3.74. The first-order valence-corrected chi connectivity index (χ1v) is 16.2.